The molecule has 4 heteroatoms. The number of carbonyl (C=O) groups excluding carboxylic acids is 1. The lowest BCUT2D eigenvalue weighted by atomic mass is 9.92. The van der Waals surface area contributed by atoms with Crippen molar-refractivity contribution in [3.05, 3.63) is 34.9 Å². The maximum absolute atomic E-state index is 10.7. The van der Waals surface area contributed by atoms with Crippen molar-refractivity contribution in [3.8, 4) is 0 Å². The third-order valence-electron chi connectivity index (χ3n) is 2.53. The van der Waals surface area contributed by atoms with Gasteiger partial charge in [0.2, 0.25) is 0 Å². The Bertz CT molecular complexity index is 344. The summed E-state index contributed by atoms with van der Waals surface area (Å²) in [5.41, 5.74) is 6.34. The van der Waals surface area contributed by atoms with E-state index in [4.69, 9.17) is 17.3 Å². The molecular weight excluding hydrogens is 200 g/mol. The molecule has 2 rings (SSSR count). The van der Waals surface area contributed by atoms with Crippen molar-refractivity contribution in [2.45, 2.75) is 5.92 Å². The van der Waals surface area contributed by atoms with Gasteiger partial charge in [-0.25, -0.2) is 4.79 Å². The lowest BCUT2D eigenvalue weighted by Gasteiger charge is -2.38. The van der Waals surface area contributed by atoms with Crippen molar-refractivity contribution in [2.75, 3.05) is 13.1 Å². The zero-order chi connectivity index (χ0) is 10.1. The number of amides is 2. The number of hydrogen-bond donors (Lipinski definition) is 1. The average molecular weight is 211 g/mol. The molecule has 1 aromatic carbocycles. The van der Waals surface area contributed by atoms with E-state index in [1.165, 1.54) is 5.56 Å². The Labute approximate surface area is 87.4 Å². The summed E-state index contributed by atoms with van der Waals surface area (Å²) in [7, 11) is 0. The minimum Gasteiger partial charge on any atom is -0.351 e. The van der Waals surface area contributed by atoms with Gasteiger partial charge in [0.1, 0.15) is 0 Å². The van der Waals surface area contributed by atoms with E-state index in [0.29, 0.717) is 5.92 Å². The minimum absolute atomic E-state index is 0.338. The van der Waals surface area contributed by atoms with Crippen LogP contribution in [0.2, 0.25) is 5.02 Å². The minimum atomic E-state index is -0.338. The van der Waals surface area contributed by atoms with Crippen LogP contribution >= 0.6 is 11.6 Å². The summed E-state index contributed by atoms with van der Waals surface area (Å²) in [5.74, 6) is 0.416. The van der Waals surface area contributed by atoms with Crippen LogP contribution in [0.5, 0.6) is 0 Å². The zero-order valence-electron chi connectivity index (χ0n) is 7.61. The lowest BCUT2D eigenvalue weighted by molar-refractivity contribution is 0.160. The van der Waals surface area contributed by atoms with Crippen LogP contribution in [0.4, 0.5) is 4.79 Å². The van der Waals surface area contributed by atoms with Crippen LogP contribution in [0.25, 0.3) is 0 Å². The van der Waals surface area contributed by atoms with Crippen LogP contribution in [-0.2, 0) is 0 Å². The van der Waals surface area contributed by atoms with Crippen molar-refractivity contribution in [2.24, 2.45) is 5.73 Å². The molecule has 1 aromatic rings. The first kappa shape index (κ1) is 9.34. The smallest absolute Gasteiger partial charge is 0.314 e. The maximum Gasteiger partial charge on any atom is 0.314 e. The predicted octanol–water partition coefficient (Wildman–Crippen LogP) is 1.82. The predicted molar refractivity (Wildman–Crippen MR) is 55.3 cm³/mol. The number of hydrogen-bond acceptors (Lipinski definition) is 1. The van der Waals surface area contributed by atoms with Gasteiger partial charge in [-0.3, -0.25) is 0 Å². The van der Waals surface area contributed by atoms with Crippen LogP contribution in [0.15, 0.2) is 24.3 Å². The van der Waals surface area contributed by atoms with E-state index in [2.05, 4.69) is 0 Å². The van der Waals surface area contributed by atoms with Gasteiger partial charge in [-0.05, 0) is 17.7 Å². The first-order valence-corrected chi connectivity index (χ1v) is 4.84. The summed E-state index contributed by atoms with van der Waals surface area (Å²) in [4.78, 5) is 12.4. The largest absolute Gasteiger partial charge is 0.351 e. The van der Waals surface area contributed by atoms with E-state index in [-0.39, 0.29) is 6.03 Å². The summed E-state index contributed by atoms with van der Waals surface area (Å²) in [6, 6.07) is 7.37. The van der Waals surface area contributed by atoms with Gasteiger partial charge in [0.05, 0.1) is 0 Å². The summed E-state index contributed by atoms with van der Waals surface area (Å²) >= 11 is 5.77. The van der Waals surface area contributed by atoms with E-state index >= 15 is 0 Å². The highest BCUT2D eigenvalue weighted by atomic mass is 35.5. The van der Waals surface area contributed by atoms with Crippen molar-refractivity contribution < 1.29 is 4.79 Å². The second-order valence-corrected chi connectivity index (χ2v) is 3.93. The van der Waals surface area contributed by atoms with Crippen molar-refractivity contribution in [1.82, 2.24) is 4.90 Å². The highest BCUT2D eigenvalue weighted by Crippen LogP contribution is 2.27. The molecule has 14 heavy (non-hydrogen) atoms. The number of likely N-dealkylation sites (tertiary alicyclic amines) is 1. The molecule has 3 nitrogen and oxygen atoms in total. The Kier molecular flexibility index (Phi) is 2.33. The second-order valence-electron chi connectivity index (χ2n) is 3.49. The molecule has 0 unspecified atom stereocenters. The Morgan fingerprint density at radius 1 is 1.36 bits per heavy atom. The van der Waals surface area contributed by atoms with E-state index in [1.807, 2.05) is 24.3 Å². The van der Waals surface area contributed by atoms with Gasteiger partial charge in [-0.2, -0.15) is 0 Å². The highest BCUT2D eigenvalue weighted by molar-refractivity contribution is 6.30. The van der Waals surface area contributed by atoms with Gasteiger partial charge in [-0.15, -0.1) is 0 Å². The fraction of sp³-hybridized carbons (Fsp3) is 0.300. The molecule has 74 valence electrons. The number of primary amides is 1. The zero-order valence-corrected chi connectivity index (χ0v) is 8.37. The molecule has 1 heterocycles. The van der Waals surface area contributed by atoms with Gasteiger partial charge in [0.25, 0.3) is 0 Å². The Hall–Kier alpha value is -1.22. The first-order valence-electron chi connectivity index (χ1n) is 4.46. The van der Waals surface area contributed by atoms with E-state index in [9.17, 15) is 4.79 Å². The van der Waals surface area contributed by atoms with Gasteiger partial charge in [-0.1, -0.05) is 23.7 Å². The van der Waals surface area contributed by atoms with Crippen molar-refractivity contribution in [1.29, 1.82) is 0 Å². The van der Waals surface area contributed by atoms with Gasteiger partial charge < -0.3 is 10.6 Å². The summed E-state index contributed by atoms with van der Waals surface area (Å²) < 4.78 is 0. The molecule has 0 aliphatic carbocycles. The summed E-state index contributed by atoms with van der Waals surface area (Å²) in [6.45, 7) is 1.44. The molecule has 2 amide bonds. The molecule has 0 aromatic heterocycles. The molecule has 1 aliphatic rings. The summed E-state index contributed by atoms with van der Waals surface area (Å²) in [6.07, 6.45) is 0. The molecule has 1 saturated heterocycles. The molecule has 0 saturated carbocycles. The van der Waals surface area contributed by atoms with E-state index in [1.54, 1.807) is 4.90 Å². The van der Waals surface area contributed by atoms with E-state index in [0.717, 1.165) is 18.1 Å². The number of carbonyl (C=O) groups is 1. The monoisotopic (exact) mass is 210 g/mol. The molecule has 0 atom stereocenters. The van der Waals surface area contributed by atoms with Crippen LogP contribution in [0.1, 0.15) is 11.5 Å². The Morgan fingerprint density at radius 3 is 2.43 bits per heavy atom. The number of benzene rings is 1. The molecule has 0 bridgehead atoms. The summed E-state index contributed by atoms with van der Waals surface area (Å²) in [5, 5.41) is 0.736. The maximum atomic E-state index is 10.7. The second kappa shape index (κ2) is 3.50. The average Bonchev–Trinajstić information content (AvgIpc) is 2.05. The number of halogens is 1. The number of nitrogens with zero attached hydrogens (tertiary/aromatic N) is 1. The molecule has 1 aliphatic heterocycles. The third-order valence-corrected chi connectivity index (χ3v) is 2.79. The SMILES string of the molecule is NC(=O)N1CC(c2ccc(Cl)cc2)C1. The van der Waals surface area contributed by atoms with Crippen LogP contribution in [0.3, 0.4) is 0 Å². The molecule has 2 N–H and O–H groups in total. The number of rotatable bonds is 1. The quantitative estimate of drug-likeness (QED) is 0.755. The van der Waals surface area contributed by atoms with Crippen molar-refractivity contribution >= 4 is 17.6 Å². The Balaban J connectivity index is 2.00. The van der Waals surface area contributed by atoms with Crippen LogP contribution in [-0.4, -0.2) is 24.0 Å². The van der Waals surface area contributed by atoms with E-state index < -0.39 is 0 Å². The number of nitrogens with two attached hydrogens (primary N) is 1. The van der Waals surface area contributed by atoms with Gasteiger partial charge in [0.15, 0.2) is 0 Å². The van der Waals surface area contributed by atoms with Gasteiger partial charge in [0, 0.05) is 24.0 Å². The molecular formula is C10H11ClN2O. The molecule has 0 radical (unpaired) electrons. The fourth-order valence-corrected chi connectivity index (χ4v) is 1.73. The number of urea groups is 1. The molecule has 0 spiro atoms. The fourth-order valence-electron chi connectivity index (χ4n) is 1.60. The van der Waals surface area contributed by atoms with Crippen LogP contribution in [0, 0.1) is 0 Å². The Morgan fingerprint density at radius 2 is 1.93 bits per heavy atom. The van der Waals surface area contributed by atoms with Crippen LogP contribution < -0.4 is 5.73 Å². The molecule has 1 fully saturated rings. The lowest BCUT2D eigenvalue weighted by Crippen LogP contribution is -2.50. The van der Waals surface area contributed by atoms with Crippen molar-refractivity contribution in [3.63, 3.8) is 0 Å². The highest BCUT2D eigenvalue weighted by Gasteiger charge is 2.29. The standard InChI is InChI=1S/C10H11ClN2O/c11-9-3-1-7(2-4-9)8-5-13(6-8)10(12)14/h1-4,8H,5-6H2,(H2,12,14). The normalized spacial score (nSPS) is 16.5. The third kappa shape index (κ3) is 1.68. The first-order chi connectivity index (χ1) is 6.66. The topological polar surface area (TPSA) is 46.3 Å². The van der Waals surface area contributed by atoms with Gasteiger partial charge >= 0.3 is 6.03 Å².